The summed E-state index contributed by atoms with van der Waals surface area (Å²) in [6.07, 6.45) is -2.40. The summed E-state index contributed by atoms with van der Waals surface area (Å²) < 4.78 is 39.2. The summed E-state index contributed by atoms with van der Waals surface area (Å²) in [6, 6.07) is 12.5. The van der Waals surface area contributed by atoms with Gasteiger partial charge >= 0.3 is 6.18 Å². The van der Waals surface area contributed by atoms with Crippen molar-refractivity contribution in [2.45, 2.75) is 25.1 Å². The summed E-state index contributed by atoms with van der Waals surface area (Å²) in [7, 11) is 0. The van der Waals surface area contributed by atoms with Crippen LogP contribution in [0.25, 0.3) is 0 Å². The Labute approximate surface area is 161 Å². The number of alkyl halides is 3. The van der Waals surface area contributed by atoms with Gasteiger partial charge in [-0.2, -0.15) is 13.2 Å². The average molecular weight is 397 g/mol. The van der Waals surface area contributed by atoms with Gasteiger partial charge in [0.15, 0.2) is 0 Å². The van der Waals surface area contributed by atoms with Crippen molar-refractivity contribution in [1.82, 2.24) is 10.2 Å². The van der Waals surface area contributed by atoms with Crippen molar-refractivity contribution in [1.29, 1.82) is 0 Å². The molecule has 0 unspecified atom stereocenters. The van der Waals surface area contributed by atoms with Crippen molar-refractivity contribution in [2.24, 2.45) is 0 Å². The molecule has 0 bridgehead atoms. The monoisotopic (exact) mass is 396 g/mol. The van der Waals surface area contributed by atoms with Crippen molar-refractivity contribution < 1.29 is 18.0 Å². The Bertz CT molecular complexity index is 790. The third kappa shape index (κ3) is 4.82. The van der Waals surface area contributed by atoms with Crippen LogP contribution in [0, 0.1) is 0 Å². The fraction of sp³-hybridized carbons (Fsp3) is 0.350. The lowest BCUT2D eigenvalue weighted by molar-refractivity contribution is -0.137. The van der Waals surface area contributed by atoms with Crippen LogP contribution in [0.2, 0.25) is 5.02 Å². The molecular weight excluding hydrogens is 377 g/mol. The van der Waals surface area contributed by atoms with Crippen molar-refractivity contribution in [3.63, 3.8) is 0 Å². The quantitative estimate of drug-likeness (QED) is 0.777. The smallest absolute Gasteiger partial charge is 0.344 e. The molecule has 1 saturated heterocycles. The average Bonchev–Trinajstić information content (AvgIpc) is 3.14. The Hall–Kier alpha value is -2.05. The van der Waals surface area contributed by atoms with Crippen LogP contribution in [0.3, 0.4) is 0 Å². The standard InChI is InChI=1S/C20H20ClF3N2O/c21-18-15(9-6-10-16(18)20(22,23)24)19(27)25-17(13-26-11-4-5-12-26)14-7-2-1-3-8-14/h1-3,6-10,17H,4-5,11-13H2,(H,25,27)/t17-/m0/s1. The first-order valence-electron chi connectivity index (χ1n) is 8.80. The molecule has 1 heterocycles. The molecule has 144 valence electrons. The second kappa shape index (κ2) is 8.31. The van der Waals surface area contributed by atoms with Crippen LogP contribution in [0.4, 0.5) is 13.2 Å². The minimum absolute atomic E-state index is 0.172. The first-order chi connectivity index (χ1) is 12.9. The molecule has 3 rings (SSSR count). The van der Waals surface area contributed by atoms with Crippen LogP contribution in [0.5, 0.6) is 0 Å². The van der Waals surface area contributed by atoms with Gasteiger partial charge in [-0.15, -0.1) is 0 Å². The minimum Gasteiger partial charge on any atom is -0.344 e. The fourth-order valence-corrected chi connectivity index (χ4v) is 3.62. The maximum absolute atomic E-state index is 13.1. The third-order valence-electron chi connectivity index (χ3n) is 4.70. The normalized spacial score (nSPS) is 16.3. The molecule has 3 nitrogen and oxygen atoms in total. The lowest BCUT2D eigenvalue weighted by atomic mass is 10.0. The summed E-state index contributed by atoms with van der Waals surface area (Å²) in [5.41, 5.74) is -0.276. The Morgan fingerprint density at radius 1 is 1.07 bits per heavy atom. The summed E-state index contributed by atoms with van der Waals surface area (Å²) >= 11 is 5.90. The van der Waals surface area contributed by atoms with E-state index in [1.54, 1.807) is 0 Å². The molecule has 1 aliphatic rings. The Balaban J connectivity index is 1.84. The molecule has 0 saturated carbocycles. The second-order valence-corrected chi connectivity index (χ2v) is 6.99. The van der Waals surface area contributed by atoms with Gasteiger partial charge in [0, 0.05) is 6.54 Å². The Kier molecular flexibility index (Phi) is 6.07. The fourth-order valence-electron chi connectivity index (χ4n) is 3.31. The van der Waals surface area contributed by atoms with E-state index in [4.69, 9.17) is 11.6 Å². The van der Waals surface area contributed by atoms with E-state index in [0.717, 1.165) is 37.6 Å². The van der Waals surface area contributed by atoms with Gasteiger partial charge in [-0.25, -0.2) is 0 Å². The zero-order chi connectivity index (χ0) is 19.4. The van der Waals surface area contributed by atoms with Crippen LogP contribution < -0.4 is 5.32 Å². The van der Waals surface area contributed by atoms with Gasteiger partial charge in [0.2, 0.25) is 0 Å². The van der Waals surface area contributed by atoms with Crippen LogP contribution >= 0.6 is 11.6 Å². The SMILES string of the molecule is O=C(N[C@@H](CN1CCCC1)c1ccccc1)c1cccc(C(F)(F)F)c1Cl. The number of likely N-dealkylation sites (tertiary alicyclic amines) is 1. The molecule has 0 aliphatic carbocycles. The first-order valence-corrected chi connectivity index (χ1v) is 9.18. The molecule has 2 aromatic rings. The number of carbonyl (C=O) groups excluding carboxylic acids is 1. The van der Waals surface area contributed by atoms with Crippen LogP contribution in [-0.4, -0.2) is 30.4 Å². The first kappa shape index (κ1) is 19.7. The maximum atomic E-state index is 13.1. The highest BCUT2D eigenvalue weighted by Gasteiger charge is 2.35. The van der Waals surface area contributed by atoms with Crippen LogP contribution in [0.15, 0.2) is 48.5 Å². The predicted molar refractivity (Wildman–Crippen MR) is 98.8 cm³/mol. The van der Waals surface area contributed by atoms with E-state index in [2.05, 4.69) is 10.2 Å². The lowest BCUT2D eigenvalue weighted by Gasteiger charge is -2.25. The molecule has 0 spiro atoms. The number of halogens is 4. The van der Waals surface area contributed by atoms with E-state index in [0.29, 0.717) is 6.54 Å². The number of carbonyl (C=O) groups is 1. The van der Waals surface area contributed by atoms with Gasteiger partial charge in [-0.3, -0.25) is 4.79 Å². The largest absolute Gasteiger partial charge is 0.417 e. The Morgan fingerprint density at radius 3 is 2.37 bits per heavy atom. The molecule has 1 fully saturated rings. The number of hydrogen-bond acceptors (Lipinski definition) is 2. The van der Waals surface area contributed by atoms with E-state index in [-0.39, 0.29) is 11.6 Å². The molecular formula is C20H20ClF3N2O. The van der Waals surface area contributed by atoms with Crippen LogP contribution in [-0.2, 0) is 6.18 Å². The molecule has 0 radical (unpaired) electrons. The van der Waals surface area contributed by atoms with Crippen LogP contribution in [0.1, 0.15) is 40.4 Å². The zero-order valence-electron chi connectivity index (χ0n) is 14.6. The molecule has 7 heteroatoms. The molecule has 1 aliphatic heterocycles. The molecule has 1 N–H and O–H groups in total. The zero-order valence-corrected chi connectivity index (χ0v) is 15.4. The van der Waals surface area contributed by atoms with Gasteiger partial charge < -0.3 is 10.2 Å². The second-order valence-electron chi connectivity index (χ2n) is 6.61. The number of nitrogens with zero attached hydrogens (tertiary/aromatic N) is 1. The summed E-state index contributed by atoms with van der Waals surface area (Å²) in [4.78, 5) is 15.0. The molecule has 1 amide bonds. The molecule has 27 heavy (non-hydrogen) atoms. The molecule has 0 aromatic heterocycles. The van der Waals surface area contributed by atoms with E-state index < -0.39 is 22.7 Å². The van der Waals surface area contributed by atoms with Gasteiger partial charge in [0.25, 0.3) is 5.91 Å². The van der Waals surface area contributed by atoms with Gasteiger partial charge in [-0.05, 0) is 43.6 Å². The molecule has 2 aromatic carbocycles. The minimum atomic E-state index is -4.61. The number of hydrogen-bond donors (Lipinski definition) is 1. The van der Waals surface area contributed by atoms with Gasteiger partial charge in [0.1, 0.15) is 0 Å². The summed E-state index contributed by atoms with van der Waals surface area (Å²) in [5, 5.41) is 2.29. The highest BCUT2D eigenvalue weighted by molar-refractivity contribution is 6.34. The van der Waals surface area contributed by atoms with E-state index in [1.807, 2.05) is 30.3 Å². The van der Waals surface area contributed by atoms with Gasteiger partial charge in [-0.1, -0.05) is 48.0 Å². The van der Waals surface area contributed by atoms with E-state index in [1.165, 1.54) is 12.1 Å². The maximum Gasteiger partial charge on any atom is 0.417 e. The number of rotatable bonds is 5. The topological polar surface area (TPSA) is 32.3 Å². The van der Waals surface area contributed by atoms with E-state index in [9.17, 15) is 18.0 Å². The summed E-state index contributed by atoms with van der Waals surface area (Å²) in [6.45, 7) is 2.50. The Morgan fingerprint density at radius 2 is 1.74 bits per heavy atom. The third-order valence-corrected chi connectivity index (χ3v) is 5.10. The van der Waals surface area contributed by atoms with Crippen molar-refractivity contribution in [3.8, 4) is 0 Å². The van der Waals surface area contributed by atoms with E-state index >= 15 is 0 Å². The number of nitrogens with one attached hydrogen (secondary N) is 1. The lowest BCUT2D eigenvalue weighted by Crippen LogP contribution is -2.37. The van der Waals surface area contributed by atoms with Crippen molar-refractivity contribution >= 4 is 17.5 Å². The van der Waals surface area contributed by atoms with Crippen molar-refractivity contribution in [3.05, 3.63) is 70.2 Å². The highest BCUT2D eigenvalue weighted by Crippen LogP contribution is 2.36. The summed E-state index contributed by atoms with van der Waals surface area (Å²) in [5.74, 6) is -0.612. The predicted octanol–water partition coefficient (Wildman–Crippen LogP) is 4.93. The molecule has 1 atom stereocenters. The van der Waals surface area contributed by atoms with Crippen molar-refractivity contribution in [2.75, 3.05) is 19.6 Å². The van der Waals surface area contributed by atoms with Gasteiger partial charge in [0.05, 0.1) is 22.2 Å². The number of benzene rings is 2. The number of amides is 1. The highest BCUT2D eigenvalue weighted by atomic mass is 35.5.